The number of nitrogens with one attached hydrogen (secondary N) is 2. The lowest BCUT2D eigenvalue weighted by molar-refractivity contribution is -0.137. The zero-order valence-electron chi connectivity index (χ0n) is 18.9. The number of hydrogen-bond acceptors (Lipinski definition) is 5. The van der Waals surface area contributed by atoms with Gasteiger partial charge in [0.15, 0.2) is 4.87 Å². The molecule has 1 aromatic carbocycles. The Bertz CT molecular complexity index is 941. The molecule has 2 aliphatic rings. The van der Waals surface area contributed by atoms with E-state index in [-0.39, 0.29) is 30.7 Å². The summed E-state index contributed by atoms with van der Waals surface area (Å²) in [5.74, 6) is -0.592. The van der Waals surface area contributed by atoms with Crippen molar-refractivity contribution < 1.29 is 26.4 Å². The first-order valence-corrected chi connectivity index (χ1v) is 12.4. The van der Waals surface area contributed by atoms with Gasteiger partial charge in [-0.15, -0.1) is 0 Å². The number of halogens is 3. The number of benzene rings is 1. The minimum absolute atomic E-state index is 0.0469. The fraction of sp³-hybridized carbons (Fsp3) is 0.682. The maximum Gasteiger partial charge on any atom is 0.416 e. The van der Waals surface area contributed by atoms with Gasteiger partial charge in [0.1, 0.15) is 0 Å². The number of carbonyl (C=O) groups is 1. The van der Waals surface area contributed by atoms with Crippen LogP contribution in [0.3, 0.4) is 0 Å². The highest BCUT2D eigenvalue weighted by atomic mass is 32.2. The lowest BCUT2D eigenvalue weighted by Gasteiger charge is -2.37. The minimum Gasteiger partial charge on any atom is -0.336 e. The standard InChI is InChI=1S/C22H32F3N3O3S/c1-14(2)19(28(3)4)11-20(29)27-21(9-8-15-12-26-13-18(15)21)32(30,31)17-7-5-6-16(10-17)22(23,24)25/h5-7,10,14-15,18-19,26H,8-9,11-13H2,1-4H3,(H,27,29)/t15-,18+,19-,21+/m1/s1. The predicted octanol–water partition coefficient (Wildman–Crippen LogP) is 2.90. The summed E-state index contributed by atoms with van der Waals surface area (Å²) in [6, 6.07) is 3.72. The molecule has 4 atom stereocenters. The Kier molecular flexibility index (Phi) is 6.98. The number of hydrogen-bond donors (Lipinski definition) is 2. The monoisotopic (exact) mass is 475 g/mol. The number of fused-ring (bicyclic) bond motifs is 1. The summed E-state index contributed by atoms with van der Waals surface area (Å²) in [6.07, 6.45) is -3.79. The van der Waals surface area contributed by atoms with Crippen molar-refractivity contribution in [3.63, 3.8) is 0 Å². The summed E-state index contributed by atoms with van der Waals surface area (Å²) in [5, 5.41) is 6.01. The lowest BCUT2D eigenvalue weighted by Crippen LogP contribution is -2.58. The Morgan fingerprint density at radius 1 is 1.28 bits per heavy atom. The molecule has 6 nitrogen and oxygen atoms in total. The Labute approximate surface area is 187 Å². The van der Waals surface area contributed by atoms with E-state index in [1.165, 1.54) is 6.07 Å². The molecule has 180 valence electrons. The van der Waals surface area contributed by atoms with E-state index in [4.69, 9.17) is 0 Å². The summed E-state index contributed by atoms with van der Waals surface area (Å²) >= 11 is 0. The fourth-order valence-corrected chi connectivity index (χ4v) is 7.53. The van der Waals surface area contributed by atoms with Crippen LogP contribution in [0.5, 0.6) is 0 Å². The van der Waals surface area contributed by atoms with Crippen molar-refractivity contribution in [3.05, 3.63) is 29.8 Å². The molecule has 1 aliphatic carbocycles. The third kappa shape index (κ3) is 4.54. The number of sulfone groups is 1. The van der Waals surface area contributed by atoms with Crippen LogP contribution in [0, 0.1) is 17.8 Å². The molecule has 1 saturated heterocycles. The number of alkyl halides is 3. The zero-order valence-corrected chi connectivity index (χ0v) is 19.7. The van der Waals surface area contributed by atoms with E-state index < -0.39 is 43.2 Å². The van der Waals surface area contributed by atoms with Crippen LogP contribution < -0.4 is 10.6 Å². The molecule has 1 saturated carbocycles. The predicted molar refractivity (Wildman–Crippen MR) is 116 cm³/mol. The average Bonchev–Trinajstić information content (AvgIpc) is 3.29. The summed E-state index contributed by atoms with van der Waals surface area (Å²) in [4.78, 5) is 13.0. The van der Waals surface area contributed by atoms with Gasteiger partial charge < -0.3 is 15.5 Å². The Morgan fingerprint density at radius 3 is 2.56 bits per heavy atom. The summed E-state index contributed by atoms with van der Waals surface area (Å²) in [6.45, 7) is 5.00. The number of carbonyl (C=O) groups excluding carboxylic acids is 1. The molecule has 1 aliphatic heterocycles. The van der Waals surface area contributed by atoms with E-state index >= 15 is 0 Å². The van der Waals surface area contributed by atoms with Gasteiger partial charge >= 0.3 is 6.18 Å². The van der Waals surface area contributed by atoms with Gasteiger partial charge in [-0.3, -0.25) is 4.79 Å². The zero-order chi connectivity index (χ0) is 23.9. The first kappa shape index (κ1) is 25.0. The van der Waals surface area contributed by atoms with E-state index in [1.807, 2.05) is 32.8 Å². The van der Waals surface area contributed by atoms with Crippen LogP contribution in [0.25, 0.3) is 0 Å². The van der Waals surface area contributed by atoms with Crippen molar-refractivity contribution in [2.45, 2.75) is 55.1 Å². The molecule has 1 aromatic rings. The van der Waals surface area contributed by atoms with Crippen LogP contribution in [0.15, 0.2) is 29.2 Å². The highest BCUT2D eigenvalue weighted by molar-refractivity contribution is 7.92. The smallest absolute Gasteiger partial charge is 0.336 e. The second kappa shape index (κ2) is 8.95. The van der Waals surface area contributed by atoms with Crippen molar-refractivity contribution in [2.75, 3.05) is 27.2 Å². The molecule has 0 radical (unpaired) electrons. The second-order valence-electron chi connectivity index (χ2n) is 9.51. The molecular weight excluding hydrogens is 443 g/mol. The molecule has 1 amide bonds. The third-order valence-electron chi connectivity index (χ3n) is 6.95. The van der Waals surface area contributed by atoms with Crippen LogP contribution in [0.2, 0.25) is 0 Å². The molecule has 0 bridgehead atoms. The molecule has 1 heterocycles. The van der Waals surface area contributed by atoms with Gasteiger partial charge in [0.05, 0.1) is 10.5 Å². The molecule has 3 rings (SSSR count). The molecule has 0 spiro atoms. The van der Waals surface area contributed by atoms with E-state index in [0.29, 0.717) is 25.6 Å². The molecule has 10 heteroatoms. The molecule has 32 heavy (non-hydrogen) atoms. The minimum atomic E-state index is -4.66. The number of amides is 1. The topological polar surface area (TPSA) is 78.5 Å². The maximum absolute atomic E-state index is 13.8. The van der Waals surface area contributed by atoms with Crippen LogP contribution in [0.4, 0.5) is 13.2 Å². The largest absolute Gasteiger partial charge is 0.416 e. The molecular formula is C22H32F3N3O3S. The maximum atomic E-state index is 13.8. The second-order valence-corrected chi connectivity index (χ2v) is 11.7. The van der Waals surface area contributed by atoms with Gasteiger partial charge in [-0.1, -0.05) is 19.9 Å². The Balaban J connectivity index is 2.01. The van der Waals surface area contributed by atoms with E-state index in [9.17, 15) is 26.4 Å². The number of rotatable bonds is 7. The quantitative estimate of drug-likeness (QED) is 0.634. The number of nitrogens with zero attached hydrogens (tertiary/aromatic N) is 1. The fourth-order valence-electron chi connectivity index (χ4n) is 5.26. The normalized spacial score (nSPS) is 27.0. The van der Waals surface area contributed by atoms with Gasteiger partial charge in [-0.2, -0.15) is 13.2 Å². The van der Waals surface area contributed by atoms with Crippen molar-refractivity contribution in [2.24, 2.45) is 17.8 Å². The van der Waals surface area contributed by atoms with E-state index in [1.54, 1.807) is 0 Å². The van der Waals surface area contributed by atoms with Crippen LogP contribution >= 0.6 is 0 Å². The highest BCUT2D eigenvalue weighted by Gasteiger charge is 2.59. The lowest BCUT2D eigenvalue weighted by atomic mass is 9.96. The van der Waals surface area contributed by atoms with Crippen molar-refractivity contribution >= 4 is 15.7 Å². The Hall–Kier alpha value is -1.65. The summed E-state index contributed by atoms with van der Waals surface area (Å²) < 4.78 is 67.5. The molecule has 2 N–H and O–H groups in total. The average molecular weight is 476 g/mol. The third-order valence-corrected chi connectivity index (χ3v) is 9.40. The SMILES string of the molecule is CC(C)[C@@H](CC(=O)N[C@]1(S(=O)(=O)c2cccc(C(F)(F)F)c2)CC[C@@H]2CNC[C@@H]21)N(C)C. The Morgan fingerprint density at radius 2 is 1.97 bits per heavy atom. The van der Waals surface area contributed by atoms with Gasteiger partial charge in [0, 0.05) is 24.9 Å². The van der Waals surface area contributed by atoms with Crippen LogP contribution in [0.1, 0.15) is 38.7 Å². The van der Waals surface area contributed by atoms with Gasteiger partial charge in [0.2, 0.25) is 15.7 Å². The van der Waals surface area contributed by atoms with Crippen molar-refractivity contribution in [3.8, 4) is 0 Å². The van der Waals surface area contributed by atoms with Gasteiger partial charge in [0.25, 0.3) is 0 Å². The van der Waals surface area contributed by atoms with Gasteiger partial charge in [-0.05, 0) is 63.5 Å². The molecule has 0 aromatic heterocycles. The van der Waals surface area contributed by atoms with Crippen molar-refractivity contribution in [1.29, 1.82) is 0 Å². The van der Waals surface area contributed by atoms with Crippen LogP contribution in [-0.4, -0.2) is 57.3 Å². The molecule has 2 fully saturated rings. The first-order chi connectivity index (χ1) is 14.8. The van der Waals surface area contributed by atoms with E-state index in [2.05, 4.69) is 10.6 Å². The summed E-state index contributed by atoms with van der Waals surface area (Å²) in [5.41, 5.74) is -1.02. The van der Waals surface area contributed by atoms with Crippen LogP contribution in [-0.2, 0) is 20.8 Å². The molecule has 0 unspecified atom stereocenters. The van der Waals surface area contributed by atoms with Gasteiger partial charge in [-0.25, -0.2) is 8.42 Å². The van der Waals surface area contributed by atoms with Crippen molar-refractivity contribution in [1.82, 2.24) is 15.5 Å². The summed E-state index contributed by atoms with van der Waals surface area (Å²) in [7, 11) is -0.573. The highest BCUT2D eigenvalue weighted by Crippen LogP contribution is 2.48. The first-order valence-electron chi connectivity index (χ1n) is 10.9. The van der Waals surface area contributed by atoms with E-state index in [0.717, 1.165) is 12.1 Å².